The summed E-state index contributed by atoms with van der Waals surface area (Å²) in [6.45, 7) is 0.467. The minimum Gasteiger partial charge on any atom is -0.383 e. The molecule has 3 nitrogen and oxygen atoms in total. The van der Waals surface area contributed by atoms with Crippen LogP contribution in [0.25, 0.3) is 0 Å². The maximum Gasteiger partial charge on any atom is 0.0991 e. The van der Waals surface area contributed by atoms with Crippen molar-refractivity contribution >= 4 is 0 Å². The van der Waals surface area contributed by atoms with E-state index >= 15 is 0 Å². The molecule has 0 aliphatic rings. The minimum atomic E-state index is -0.154. The van der Waals surface area contributed by atoms with Crippen LogP contribution in [0.15, 0.2) is 24.3 Å². The molecule has 1 aromatic carbocycles. The molecule has 13 heavy (non-hydrogen) atoms. The van der Waals surface area contributed by atoms with Gasteiger partial charge in [-0.25, -0.2) is 0 Å². The summed E-state index contributed by atoms with van der Waals surface area (Å²) in [4.78, 5) is 0. The molecule has 0 saturated carbocycles. The molecule has 0 radical (unpaired) electrons. The van der Waals surface area contributed by atoms with Crippen molar-refractivity contribution < 1.29 is 4.74 Å². The number of hydrogen-bond donors (Lipinski definition) is 1. The Kier molecular flexibility index (Phi) is 3.44. The van der Waals surface area contributed by atoms with Crippen LogP contribution in [-0.2, 0) is 4.74 Å². The lowest BCUT2D eigenvalue weighted by Crippen LogP contribution is -2.15. The number of hydrogen-bond acceptors (Lipinski definition) is 3. The van der Waals surface area contributed by atoms with Crippen LogP contribution in [0.3, 0.4) is 0 Å². The Morgan fingerprint density at radius 3 is 3.00 bits per heavy atom. The van der Waals surface area contributed by atoms with Crippen LogP contribution in [0.5, 0.6) is 0 Å². The standard InChI is InChI=1S/C10H12N2O/c1-13-7-10(12)9-4-2-3-8(5-9)6-11/h2-5,10H,7,12H2,1H3. The monoisotopic (exact) mass is 176 g/mol. The van der Waals surface area contributed by atoms with Gasteiger partial charge >= 0.3 is 0 Å². The van der Waals surface area contributed by atoms with Crippen molar-refractivity contribution in [1.82, 2.24) is 0 Å². The van der Waals surface area contributed by atoms with Gasteiger partial charge in [-0.3, -0.25) is 0 Å². The van der Waals surface area contributed by atoms with E-state index in [1.165, 1.54) is 0 Å². The van der Waals surface area contributed by atoms with Crippen LogP contribution in [0.4, 0.5) is 0 Å². The molecule has 68 valence electrons. The summed E-state index contributed by atoms with van der Waals surface area (Å²) < 4.78 is 4.92. The van der Waals surface area contributed by atoms with E-state index in [2.05, 4.69) is 6.07 Å². The van der Waals surface area contributed by atoms with Crippen LogP contribution in [0, 0.1) is 11.3 Å². The molecule has 0 aromatic heterocycles. The molecule has 2 N–H and O–H groups in total. The maximum atomic E-state index is 8.65. The average Bonchev–Trinajstić information content (AvgIpc) is 2.18. The third-order valence-electron chi connectivity index (χ3n) is 1.79. The number of benzene rings is 1. The largest absolute Gasteiger partial charge is 0.383 e. The molecule has 1 rings (SSSR count). The first-order valence-corrected chi connectivity index (χ1v) is 4.02. The van der Waals surface area contributed by atoms with Crippen molar-refractivity contribution in [2.75, 3.05) is 13.7 Å². The Labute approximate surface area is 77.7 Å². The van der Waals surface area contributed by atoms with Gasteiger partial charge in [0.25, 0.3) is 0 Å². The van der Waals surface area contributed by atoms with E-state index in [9.17, 15) is 0 Å². The Hall–Kier alpha value is -1.37. The lowest BCUT2D eigenvalue weighted by atomic mass is 10.1. The Morgan fingerprint density at radius 2 is 2.38 bits per heavy atom. The summed E-state index contributed by atoms with van der Waals surface area (Å²) in [6, 6.07) is 9.16. The molecule has 3 heteroatoms. The summed E-state index contributed by atoms with van der Waals surface area (Å²) in [5.74, 6) is 0. The van der Waals surface area contributed by atoms with Crippen molar-refractivity contribution in [3.63, 3.8) is 0 Å². The summed E-state index contributed by atoms with van der Waals surface area (Å²) in [7, 11) is 1.61. The molecule has 0 bridgehead atoms. The number of ether oxygens (including phenoxy) is 1. The molecule has 0 heterocycles. The van der Waals surface area contributed by atoms with Gasteiger partial charge in [0.1, 0.15) is 0 Å². The third-order valence-corrected chi connectivity index (χ3v) is 1.79. The van der Waals surface area contributed by atoms with E-state index in [1.54, 1.807) is 19.2 Å². The third kappa shape index (κ3) is 2.55. The van der Waals surface area contributed by atoms with Crippen molar-refractivity contribution in [1.29, 1.82) is 5.26 Å². The predicted octanol–water partition coefficient (Wildman–Crippen LogP) is 1.20. The molecule has 0 aliphatic heterocycles. The zero-order chi connectivity index (χ0) is 9.68. The zero-order valence-corrected chi connectivity index (χ0v) is 7.53. The SMILES string of the molecule is COCC(N)c1cccc(C#N)c1. The van der Waals surface area contributed by atoms with Gasteiger partial charge in [0, 0.05) is 7.11 Å². The minimum absolute atomic E-state index is 0.154. The summed E-state index contributed by atoms with van der Waals surface area (Å²) in [5, 5.41) is 8.65. The smallest absolute Gasteiger partial charge is 0.0991 e. The second-order valence-electron chi connectivity index (χ2n) is 2.80. The fourth-order valence-electron chi connectivity index (χ4n) is 1.11. The highest BCUT2D eigenvalue weighted by molar-refractivity contribution is 5.34. The van der Waals surface area contributed by atoms with Gasteiger partial charge in [0.15, 0.2) is 0 Å². The topological polar surface area (TPSA) is 59.0 Å². The van der Waals surface area contributed by atoms with Gasteiger partial charge in [-0.1, -0.05) is 12.1 Å². The van der Waals surface area contributed by atoms with E-state index in [0.717, 1.165) is 5.56 Å². The lowest BCUT2D eigenvalue weighted by Gasteiger charge is -2.10. The highest BCUT2D eigenvalue weighted by Crippen LogP contribution is 2.11. The van der Waals surface area contributed by atoms with E-state index in [4.69, 9.17) is 15.7 Å². The number of methoxy groups -OCH3 is 1. The fraction of sp³-hybridized carbons (Fsp3) is 0.300. The average molecular weight is 176 g/mol. The van der Waals surface area contributed by atoms with Crippen LogP contribution < -0.4 is 5.73 Å². The first kappa shape index (κ1) is 9.72. The van der Waals surface area contributed by atoms with Gasteiger partial charge in [-0.05, 0) is 17.7 Å². The summed E-state index contributed by atoms with van der Waals surface area (Å²) in [5.41, 5.74) is 7.35. The van der Waals surface area contributed by atoms with Gasteiger partial charge in [0.2, 0.25) is 0 Å². The van der Waals surface area contributed by atoms with Crippen molar-refractivity contribution in [3.05, 3.63) is 35.4 Å². The van der Waals surface area contributed by atoms with Gasteiger partial charge in [-0.15, -0.1) is 0 Å². The van der Waals surface area contributed by atoms with Crippen LogP contribution in [-0.4, -0.2) is 13.7 Å². The Balaban J connectivity index is 2.83. The quantitative estimate of drug-likeness (QED) is 0.752. The maximum absolute atomic E-state index is 8.65. The Morgan fingerprint density at radius 1 is 1.62 bits per heavy atom. The second kappa shape index (κ2) is 4.61. The van der Waals surface area contributed by atoms with Crippen LogP contribution in [0.1, 0.15) is 17.2 Å². The normalized spacial score (nSPS) is 12.1. The van der Waals surface area contributed by atoms with E-state index in [1.807, 2.05) is 12.1 Å². The van der Waals surface area contributed by atoms with E-state index in [0.29, 0.717) is 12.2 Å². The molecular formula is C10H12N2O. The van der Waals surface area contributed by atoms with E-state index in [-0.39, 0.29) is 6.04 Å². The summed E-state index contributed by atoms with van der Waals surface area (Å²) in [6.07, 6.45) is 0. The first-order valence-electron chi connectivity index (χ1n) is 4.02. The molecule has 0 amide bonds. The molecule has 0 fully saturated rings. The van der Waals surface area contributed by atoms with Crippen molar-refractivity contribution in [3.8, 4) is 6.07 Å². The summed E-state index contributed by atoms with van der Waals surface area (Å²) >= 11 is 0. The molecule has 0 saturated heterocycles. The number of nitrogens with two attached hydrogens (primary N) is 1. The molecule has 0 spiro atoms. The zero-order valence-electron chi connectivity index (χ0n) is 7.53. The fourth-order valence-corrected chi connectivity index (χ4v) is 1.11. The number of rotatable bonds is 3. The van der Waals surface area contributed by atoms with Gasteiger partial charge in [-0.2, -0.15) is 5.26 Å². The Bertz CT molecular complexity index is 317. The molecular weight excluding hydrogens is 164 g/mol. The van der Waals surface area contributed by atoms with Gasteiger partial charge < -0.3 is 10.5 Å². The van der Waals surface area contributed by atoms with Gasteiger partial charge in [0.05, 0.1) is 24.3 Å². The second-order valence-corrected chi connectivity index (χ2v) is 2.80. The van der Waals surface area contributed by atoms with E-state index < -0.39 is 0 Å². The highest BCUT2D eigenvalue weighted by atomic mass is 16.5. The first-order chi connectivity index (χ1) is 6.27. The molecule has 1 atom stereocenters. The number of nitriles is 1. The van der Waals surface area contributed by atoms with Crippen molar-refractivity contribution in [2.24, 2.45) is 5.73 Å². The molecule has 1 aromatic rings. The molecule has 0 aliphatic carbocycles. The predicted molar refractivity (Wildman–Crippen MR) is 50.0 cm³/mol. The lowest BCUT2D eigenvalue weighted by molar-refractivity contribution is 0.181. The number of nitrogens with zero attached hydrogens (tertiary/aromatic N) is 1. The van der Waals surface area contributed by atoms with Crippen LogP contribution >= 0.6 is 0 Å². The molecule has 1 unspecified atom stereocenters. The van der Waals surface area contributed by atoms with Crippen molar-refractivity contribution in [2.45, 2.75) is 6.04 Å². The van der Waals surface area contributed by atoms with Crippen LogP contribution in [0.2, 0.25) is 0 Å². The highest BCUT2D eigenvalue weighted by Gasteiger charge is 2.05.